The lowest BCUT2D eigenvalue weighted by molar-refractivity contribution is -0.0581. The molecule has 0 spiro atoms. The fourth-order valence-electron chi connectivity index (χ4n) is 5.12. The molecule has 7 heteroatoms. The summed E-state index contributed by atoms with van der Waals surface area (Å²) in [4.78, 5) is 12.0. The first kappa shape index (κ1) is 19.7. The highest BCUT2D eigenvalue weighted by Crippen LogP contribution is 2.30. The van der Waals surface area contributed by atoms with Crippen molar-refractivity contribution in [2.24, 2.45) is 0 Å². The van der Waals surface area contributed by atoms with Crippen molar-refractivity contribution in [1.82, 2.24) is 20.1 Å². The summed E-state index contributed by atoms with van der Waals surface area (Å²) >= 11 is 0. The number of aromatic nitrogens is 1. The van der Waals surface area contributed by atoms with E-state index in [0.717, 1.165) is 62.4 Å². The standard InChI is InChI=1S/C23H30N6O/c1-17-12-29(22-5-4-18(11-24)23-21(22)3-2-6-26-23)16-20(30-17)15-27-13-19(14-27)28-9-7-25-8-10-28/h2-6,17,19-20,25H,7-10,12-16H2,1H3/t17-,20+/m1/s1. The minimum Gasteiger partial charge on any atom is -0.370 e. The van der Waals surface area contributed by atoms with E-state index in [9.17, 15) is 5.26 Å². The summed E-state index contributed by atoms with van der Waals surface area (Å²) in [5.74, 6) is 0. The molecule has 4 heterocycles. The number of morpholine rings is 1. The Kier molecular flexibility index (Phi) is 5.57. The molecular formula is C23H30N6O. The lowest BCUT2D eigenvalue weighted by atomic mass is 10.0. The van der Waals surface area contributed by atoms with E-state index >= 15 is 0 Å². The molecule has 3 saturated heterocycles. The number of piperazine rings is 1. The van der Waals surface area contributed by atoms with E-state index < -0.39 is 0 Å². The number of anilines is 1. The number of pyridine rings is 1. The van der Waals surface area contributed by atoms with Crippen LogP contribution in [0.1, 0.15) is 12.5 Å². The Hall–Kier alpha value is -2.24. The van der Waals surface area contributed by atoms with Gasteiger partial charge >= 0.3 is 0 Å². The molecular weight excluding hydrogens is 376 g/mol. The van der Waals surface area contributed by atoms with Crippen molar-refractivity contribution in [2.75, 3.05) is 63.8 Å². The van der Waals surface area contributed by atoms with Gasteiger partial charge in [0.05, 0.1) is 23.3 Å². The number of fused-ring (bicyclic) bond motifs is 1. The van der Waals surface area contributed by atoms with Crippen molar-refractivity contribution in [2.45, 2.75) is 25.2 Å². The van der Waals surface area contributed by atoms with Gasteiger partial charge in [0.1, 0.15) is 6.07 Å². The van der Waals surface area contributed by atoms with Crippen molar-refractivity contribution in [3.05, 3.63) is 36.0 Å². The first-order valence-corrected chi connectivity index (χ1v) is 11.1. The van der Waals surface area contributed by atoms with Gasteiger partial charge in [-0.05, 0) is 31.2 Å². The molecule has 0 saturated carbocycles. The van der Waals surface area contributed by atoms with E-state index in [1.807, 2.05) is 12.1 Å². The molecule has 0 amide bonds. The molecule has 158 valence electrons. The molecule has 3 aliphatic rings. The third-order valence-corrected chi connectivity index (χ3v) is 6.60. The number of likely N-dealkylation sites (tertiary alicyclic amines) is 1. The van der Waals surface area contributed by atoms with Gasteiger partial charge in [-0.1, -0.05) is 0 Å². The van der Waals surface area contributed by atoms with Gasteiger partial charge < -0.3 is 15.0 Å². The minimum atomic E-state index is 0.177. The van der Waals surface area contributed by atoms with Crippen LogP contribution in [0.3, 0.4) is 0 Å². The van der Waals surface area contributed by atoms with Crippen LogP contribution < -0.4 is 10.2 Å². The van der Waals surface area contributed by atoms with E-state index in [1.54, 1.807) is 6.20 Å². The number of hydrogen-bond acceptors (Lipinski definition) is 7. The predicted octanol–water partition coefficient (Wildman–Crippen LogP) is 1.29. The third kappa shape index (κ3) is 3.88. The Labute approximate surface area is 178 Å². The zero-order valence-corrected chi connectivity index (χ0v) is 17.6. The van der Waals surface area contributed by atoms with Gasteiger partial charge in [-0.15, -0.1) is 0 Å². The first-order chi connectivity index (χ1) is 14.7. The molecule has 2 aromatic rings. The topological polar surface area (TPSA) is 67.7 Å². The first-order valence-electron chi connectivity index (χ1n) is 11.1. The highest BCUT2D eigenvalue weighted by atomic mass is 16.5. The number of nitrogens with one attached hydrogen (secondary N) is 1. The summed E-state index contributed by atoms with van der Waals surface area (Å²) < 4.78 is 6.31. The van der Waals surface area contributed by atoms with E-state index in [4.69, 9.17) is 4.74 Å². The van der Waals surface area contributed by atoms with Crippen LogP contribution in [0.4, 0.5) is 5.69 Å². The smallest absolute Gasteiger partial charge is 0.101 e. The van der Waals surface area contributed by atoms with E-state index in [1.165, 1.54) is 13.1 Å². The molecule has 30 heavy (non-hydrogen) atoms. The van der Waals surface area contributed by atoms with Crippen molar-refractivity contribution < 1.29 is 4.74 Å². The highest BCUT2D eigenvalue weighted by Gasteiger charge is 2.35. The zero-order valence-electron chi connectivity index (χ0n) is 17.6. The molecule has 5 rings (SSSR count). The second kappa shape index (κ2) is 8.48. The Bertz CT molecular complexity index is 931. The number of nitrogens with zero attached hydrogens (tertiary/aromatic N) is 5. The van der Waals surface area contributed by atoms with Gasteiger partial charge in [-0.25, -0.2) is 0 Å². The number of benzene rings is 1. The van der Waals surface area contributed by atoms with Crippen molar-refractivity contribution in [3.63, 3.8) is 0 Å². The molecule has 3 aliphatic heterocycles. The number of rotatable bonds is 4. The summed E-state index contributed by atoms with van der Waals surface area (Å²) in [6.07, 6.45) is 2.13. The summed E-state index contributed by atoms with van der Waals surface area (Å²) in [7, 11) is 0. The van der Waals surface area contributed by atoms with Gasteiger partial charge in [0.15, 0.2) is 0 Å². The van der Waals surface area contributed by atoms with Crippen LogP contribution in [0.15, 0.2) is 30.5 Å². The monoisotopic (exact) mass is 406 g/mol. The van der Waals surface area contributed by atoms with Crippen LogP contribution in [0, 0.1) is 11.3 Å². The lowest BCUT2D eigenvalue weighted by Gasteiger charge is -2.49. The maximum Gasteiger partial charge on any atom is 0.101 e. The molecule has 1 aromatic heterocycles. The average molecular weight is 407 g/mol. The van der Waals surface area contributed by atoms with Crippen molar-refractivity contribution in [1.29, 1.82) is 5.26 Å². The van der Waals surface area contributed by atoms with Crippen molar-refractivity contribution in [3.8, 4) is 6.07 Å². The largest absolute Gasteiger partial charge is 0.370 e. The summed E-state index contributed by atoms with van der Waals surface area (Å²) in [6.45, 7) is 11.7. The quantitative estimate of drug-likeness (QED) is 0.821. The Morgan fingerprint density at radius 3 is 2.80 bits per heavy atom. The molecule has 2 atom stereocenters. The van der Waals surface area contributed by atoms with Crippen LogP contribution in [0.25, 0.3) is 10.9 Å². The number of hydrogen-bond donors (Lipinski definition) is 1. The van der Waals surface area contributed by atoms with Gasteiger partial charge in [0.25, 0.3) is 0 Å². The van der Waals surface area contributed by atoms with Crippen LogP contribution >= 0.6 is 0 Å². The summed E-state index contributed by atoms with van der Waals surface area (Å²) in [5, 5.41) is 13.9. The van der Waals surface area contributed by atoms with Crippen LogP contribution in [0.5, 0.6) is 0 Å². The molecule has 0 radical (unpaired) electrons. The SMILES string of the molecule is C[C@@H]1CN(c2ccc(C#N)c3ncccc23)C[C@H](CN2CC(N3CCNCC3)C2)O1. The molecule has 0 bridgehead atoms. The molecule has 0 aliphatic carbocycles. The normalized spacial score (nSPS) is 26.5. The van der Waals surface area contributed by atoms with E-state index in [0.29, 0.717) is 11.6 Å². The maximum atomic E-state index is 9.43. The third-order valence-electron chi connectivity index (χ3n) is 6.60. The van der Waals surface area contributed by atoms with Gasteiger partial charge in [-0.3, -0.25) is 14.8 Å². The highest BCUT2D eigenvalue weighted by molar-refractivity contribution is 5.95. The second-order valence-electron chi connectivity index (χ2n) is 8.78. The summed E-state index contributed by atoms with van der Waals surface area (Å²) in [6, 6.07) is 11.0. The molecule has 1 aromatic carbocycles. The summed E-state index contributed by atoms with van der Waals surface area (Å²) in [5.41, 5.74) is 2.57. The van der Waals surface area contributed by atoms with E-state index in [-0.39, 0.29) is 12.2 Å². The lowest BCUT2D eigenvalue weighted by Crippen LogP contribution is -2.64. The minimum absolute atomic E-state index is 0.177. The molecule has 1 N–H and O–H groups in total. The molecule has 0 unspecified atom stereocenters. The maximum absolute atomic E-state index is 9.43. The number of nitriles is 1. The van der Waals surface area contributed by atoms with Crippen molar-refractivity contribution >= 4 is 16.6 Å². The Morgan fingerprint density at radius 2 is 2.00 bits per heavy atom. The molecule has 3 fully saturated rings. The van der Waals surface area contributed by atoms with Gasteiger partial charge in [0.2, 0.25) is 0 Å². The Morgan fingerprint density at radius 1 is 1.17 bits per heavy atom. The fraction of sp³-hybridized carbons (Fsp3) is 0.565. The van der Waals surface area contributed by atoms with Gasteiger partial charge in [-0.2, -0.15) is 5.26 Å². The van der Waals surface area contributed by atoms with Crippen LogP contribution in [-0.2, 0) is 4.74 Å². The van der Waals surface area contributed by atoms with Gasteiger partial charge in [0, 0.05) is 82.2 Å². The van der Waals surface area contributed by atoms with Crippen LogP contribution in [-0.4, -0.2) is 91.9 Å². The van der Waals surface area contributed by atoms with E-state index in [2.05, 4.69) is 50.1 Å². The number of ether oxygens (including phenoxy) is 1. The zero-order chi connectivity index (χ0) is 20.5. The average Bonchev–Trinajstić information content (AvgIpc) is 2.75. The Balaban J connectivity index is 1.26. The predicted molar refractivity (Wildman–Crippen MR) is 118 cm³/mol. The van der Waals surface area contributed by atoms with Crippen LogP contribution in [0.2, 0.25) is 0 Å². The second-order valence-corrected chi connectivity index (χ2v) is 8.78. The fourth-order valence-corrected chi connectivity index (χ4v) is 5.12. The molecule has 7 nitrogen and oxygen atoms in total.